The molecule has 0 atom stereocenters. The molecule has 1 aromatic heterocycles. The fraction of sp³-hybridized carbons (Fsp3) is 0. The highest BCUT2D eigenvalue weighted by Crippen LogP contribution is 2.33. The van der Waals surface area contributed by atoms with E-state index >= 15 is 0 Å². The first-order valence-corrected chi connectivity index (χ1v) is 4.84. The molecule has 1 aromatic carbocycles. The molecule has 1 heterocycles. The van der Waals surface area contributed by atoms with Crippen LogP contribution in [0.25, 0.3) is 11.3 Å². The van der Waals surface area contributed by atoms with E-state index in [9.17, 15) is 4.79 Å². The summed E-state index contributed by atoms with van der Waals surface area (Å²) in [6.07, 6.45) is 0.571. The summed E-state index contributed by atoms with van der Waals surface area (Å²) in [4.78, 5) is 10.4. The molecule has 5 heteroatoms. The maximum absolute atomic E-state index is 10.4. The van der Waals surface area contributed by atoms with Gasteiger partial charge in [-0.05, 0) is 12.1 Å². The van der Waals surface area contributed by atoms with Crippen LogP contribution >= 0.6 is 23.2 Å². The van der Waals surface area contributed by atoms with Gasteiger partial charge in [0.05, 0.1) is 10.0 Å². The molecule has 0 amide bonds. The molecule has 0 bridgehead atoms. The van der Waals surface area contributed by atoms with Crippen molar-refractivity contribution < 1.29 is 9.32 Å². The molecule has 0 saturated heterocycles. The number of aromatic nitrogens is 1. The van der Waals surface area contributed by atoms with Crippen LogP contribution in [0.2, 0.25) is 10.0 Å². The lowest BCUT2D eigenvalue weighted by atomic mass is 10.1. The number of carbonyl (C=O) groups excluding carboxylic acids is 1. The van der Waals surface area contributed by atoms with E-state index in [1.54, 1.807) is 18.2 Å². The van der Waals surface area contributed by atoms with Gasteiger partial charge in [-0.2, -0.15) is 0 Å². The Balaban J connectivity index is 2.58. The van der Waals surface area contributed by atoms with Gasteiger partial charge in [-0.1, -0.05) is 34.4 Å². The number of aldehydes is 1. The first-order valence-electron chi connectivity index (χ1n) is 4.08. The molecule has 2 rings (SSSR count). The quantitative estimate of drug-likeness (QED) is 0.757. The lowest BCUT2D eigenvalue weighted by Crippen LogP contribution is -1.80. The summed E-state index contributed by atoms with van der Waals surface area (Å²) in [5, 5.41) is 4.64. The normalized spacial score (nSPS) is 10.3. The number of halogens is 2. The molecule has 0 fully saturated rings. The molecule has 3 nitrogen and oxygen atoms in total. The number of hydrogen-bond acceptors (Lipinski definition) is 3. The van der Waals surface area contributed by atoms with Crippen LogP contribution in [0, 0.1) is 0 Å². The minimum atomic E-state index is 0.140. The van der Waals surface area contributed by atoms with Crippen molar-refractivity contribution in [1.29, 1.82) is 0 Å². The van der Waals surface area contributed by atoms with Crippen molar-refractivity contribution in [2.24, 2.45) is 0 Å². The van der Waals surface area contributed by atoms with Crippen LogP contribution in [0.4, 0.5) is 0 Å². The standard InChI is InChI=1S/C10H5Cl2NO2/c11-7-2-1-3-8(12)10(7)9-4-6(5-14)15-13-9/h1-5H. The van der Waals surface area contributed by atoms with Crippen LogP contribution in [0.3, 0.4) is 0 Å². The summed E-state index contributed by atoms with van der Waals surface area (Å²) in [6, 6.07) is 6.60. The molecule has 76 valence electrons. The van der Waals surface area contributed by atoms with E-state index in [-0.39, 0.29) is 5.76 Å². The van der Waals surface area contributed by atoms with Gasteiger partial charge in [0.2, 0.25) is 0 Å². The topological polar surface area (TPSA) is 43.1 Å². The predicted octanol–water partition coefficient (Wildman–Crippen LogP) is 3.46. The lowest BCUT2D eigenvalue weighted by molar-refractivity contribution is 0.109. The van der Waals surface area contributed by atoms with Crippen LogP contribution in [0.1, 0.15) is 10.6 Å². The average molecular weight is 242 g/mol. The Labute approximate surface area is 95.6 Å². The Morgan fingerprint density at radius 1 is 1.27 bits per heavy atom. The molecule has 15 heavy (non-hydrogen) atoms. The smallest absolute Gasteiger partial charge is 0.199 e. The van der Waals surface area contributed by atoms with Gasteiger partial charge in [-0.15, -0.1) is 0 Å². The lowest BCUT2D eigenvalue weighted by Gasteiger charge is -2.01. The predicted molar refractivity (Wildman–Crippen MR) is 57.3 cm³/mol. The van der Waals surface area contributed by atoms with E-state index < -0.39 is 0 Å². The summed E-state index contributed by atoms with van der Waals surface area (Å²) in [5.74, 6) is 0.140. The van der Waals surface area contributed by atoms with E-state index in [2.05, 4.69) is 5.16 Å². The van der Waals surface area contributed by atoms with E-state index in [1.165, 1.54) is 6.07 Å². The van der Waals surface area contributed by atoms with Crippen LogP contribution < -0.4 is 0 Å². The average Bonchev–Trinajstić information content (AvgIpc) is 2.66. The van der Waals surface area contributed by atoms with Gasteiger partial charge in [0.15, 0.2) is 12.0 Å². The second-order valence-corrected chi connectivity index (χ2v) is 3.64. The maximum atomic E-state index is 10.4. The van der Waals surface area contributed by atoms with Crippen molar-refractivity contribution in [3.05, 3.63) is 40.1 Å². The van der Waals surface area contributed by atoms with Gasteiger partial charge in [-0.3, -0.25) is 4.79 Å². The van der Waals surface area contributed by atoms with Crippen molar-refractivity contribution in [2.45, 2.75) is 0 Å². The summed E-state index contributed by atoms with van der Waals surface area (Å²) >= 11 is 11.9. The summed E-state index contributed by atoms with van der Waals surface area (Å²) < 4.78 is 4.74. The molecule has 0 aliphatic rings. The zero-order valence-electron chi connectivity index (χ0n) is 7.41. The van der Waals surface area contributed by atoms with Crippen LogP contribution in [0.5, 0.6) is 0 Å². The second-order valence-electron chi connectivity index (χ2n) is 2.83. The van der Waals surface area contributed by atoms with Crippen LogP contribution in [-0.4, -0.2) is 11.4 Å². The Hall–Kier alpha value is -1.32. The van der Waals surface area contributed by atoms with Gasteiger partial charge >= 0.3 is 0 Å². The van der Waals surface area contributed by atoms with Crippen molar-refractivity contribution in [3.63, 3.8) is 0 Å². The Morgan fingerprint density at radius 3 is 2.47 bits per heavy atom. The summed E-state index contributed by atoms with van der Waals surface area (Å²) in [6.45, 7) is 0. The summed E-state index contributed by atoms with van der Waals surface area (Å²) in [7, 11) is 0. The van der Waals surface area contributed by atoms with Gasteiger partial charge in [-0.25, -0.2) is 0 Å². The minimum absolute atomic E-state index is 0.140. The SMILES string of the molecule is O=Cc1cc(-c2c(Cl)cccc2Cl)no1. The van der Waals surface area contributed by atoms with Crippen molar-refractivity contribution in [1.82, 2.24) is 5.16 Å². The van der Waals surface area contributed by atoms with Crippen LogP contribution in [0.15, 0.2) is 28.8 Å². The van der Waals surface area contributed by atoms with Gasteiger partial charge in [0, 0.05) is 11.6 Å². The van der Waals surface area contributed by atoms with Crippen LogP contribution in [-0.2, 0) is 0 Å². The minimum Gasteiger partial charge on any atom is -0.353 e. The largest absolute Gasteiger partial charge is 0.353 e. The molecule has 2 aromatic rings. The molecule has 0 aliphatic heterocycles. The number of carbonyl (C=O) groups is 1. The molecule has 0 aliphatic carbocycles. The second kappa shape index (κ2) is 4.04. The Morgan fingerprint density at radius 2 is 1.93 bits per heavy atom. The third kappa shape index (κ3) is 1.89. The molecule has 0 unspecified atom stereocenters. The third-order valence-corrected chi connectivity index (χ3v) is 2.49. The molecular weight excluding hydrogens is 237 g/mol. The highest BCUT2D eigenvalue weighted by atomic mass is 35.5. The summed E-state index contributed by atoms with van der Waals surface area (Å²) in [5.41, 5.74) is 1.02. The molecule has 0 saturated carbocycles. The Kier molecular flexibility index (Phi) is 2.75. The zero-order chi connectivity index (χ0) is 10.8. The monoisotopic (exact) mass is 241 g/mol. The molecular formula is C10H5Cl2NO2. The number of benzene rings is 1. The van der Waals surface area contributed by atoms with Crippen molar-refractivity contribution >= 4 is 29.5 Å². The van der Waals surface area contributed by atoms with E-state index in [0.29, 0.717) is 27.6 Å². The number of rotatable bonds is 2. The van der Waals surface area contributed by atoms with Gasteiger partial charge in [0.25, 0.3) is 0 Å². The molecule has 0 radical (unpaired) electrons. The first kappa shape index (κ1) is 10.2. The number of nitrogens with zero attached hydrogens (tertiary/aromatic N) is 1. The van der Waals surface area contributed by atoms with Gasteiger partial charge < -0.3 is 4.52 Å². The molecule has 0 N–H and O–H groups in total. The van der Waals surface area contributed by atoms with Crippen molar-refractivity contribution in [2.75, 3.05) is 0 Å². The number of hydrogen-bond donors (Lipinski definition) is 0. The fourth-order valence-corrected chi connectivity index (χ4v) is 1.80. The zero-order valence-corrected chi connectivity index (χ0v) is 8.92. The Bertz CT molecular complexity index is 488. The fourth-order valence-electron chi connectivity index (χ4n) is 1.21. The third-order valence-electron chi connectivity index (χ3n) is 1.86. The van der Waals surface area contributed by atoms with E-state index in [0.717, 1.165) is 0 Å². The van der Waals surface area contributed by atoms with E-state index in [4.69, 9.17) is 27.7 Å². The van der Waals surface area contributed by atoms with Gasteiger partial charge in [0.1, 0.15) is 5.69 Å². The highest BCUT2D eigenvalue weighted by Gasteiger charge is 2.12. The maximum Gasteiger partial charge on any atom is 0.199 e. The highest BCUT2D eigenvalue weighted by molar-refractivity contribution is 6.39. The van der Waals surface area contributed by atoms with Crippen molar-refractivity contribution in [3.8, 4) is 11.3 Å². The molecule has 0 spiro atoms. The van der Waals surface area contributed by atoms with E-state index in [1.807, 2.05) is 0 Å². The first-order chi connectivity index (χ1) is 7.22.